The van der Waals surface area contributed by atoms with Crippen LogP contribution in [0.5, 0.6) is 5.88 Å². The molecule has 1 aromatic heterocycles. The molecule has 3 aromatic rings. The number of hydrogen-bond donors (Lipinski definition) is 3. The molecule has 1 fully saturated rings. The molecule has 4 N–H and O–H groups in total. The van der Waals surface area contributed by atoms with Crippen molar-refractivity contribution in [2.75, 3.05) is 11.4 Å². The number of rotatable bonds is 4. The lowest BCUT2D eigenvalue weighted by Crippen LogP contribution is -2.41. The molecule has 1 saturated carbocycles. The van der Waals surface area contributed by atoms with Gasteiger partial charge in [0.05, 0.1) is 0 Å². The average molecular weight is 461 g/mol. The third kappa shape index (κ3) is 4.07. The fourth-order valence-corrected chi connectivity index (χ4v) is 5.59. The Morgan fingerprint density at radius 2 is 1.94 bits per heavy atom. The van der Waals surface area contributed by atoms with E-state index in [0.29, 0.717) is 13.1 Å². The van der Waals surface area contributed by atoms with E-state index in [1.165, 1.54) is 30.4 Å². The van der Waals surface area contributed by atoms with Gasteiger partial charge in [-0.15, -0.1) is 0 Å². The molecule has 0 saturated heterocycles. The van der Waals surface area contributed by atoms with Gasteiger partial charge in [-0.1, -0.05) is 31.0 Å². The van der Waals surface area contributed by atoms with Gasteiger partial charge in [-0.05, 0) is 78.2 Å². The Balaban J connectivity index is 1.42. The fraction of sp³-hybridized carbons (Fsp3) is 0.308. The summed E-state index contributed by atoms with van der Waals surface area (Å²) in [5.74, 6) is 0.0314. The van der Waals surface area contributed by atoms with Crippen LogP contribution in [0.1, 0.15) is 42.4 Å². The molecule has 2 heterocycles. The molecule has 0 bridgehead atoms. The minimum atomic E-state index is -0.0625. The molecular weight excluding hydrogens is 432 g/mol. The quantitative estimate of drug-likeness (QED) is 0.461. The van der Waals surface area contributed by atoms with E-state index in [0.717, 1.165) is 45.7 Å². The van der Waals surface area contributed by atoms with Crippen molar-refractivity contribution in [1.29, 1.82) is 0 Å². The number of hydrogen-bond acceptors (Lipinski definition) is 5. The SMILES string of the molecule is Cc1cc(O)ncc1-c1ccc2c(c1)C1(CCCC1)CN2C(=O)NCc1ccc(SN)cc1. The normalized spacial score (nSPS) is 16.2. The van der Waals surface area contributed by atoms with Gasteiger partial charge >= 0.3 is 6.03 Å². The van der Waals surface area contributed by atoms with E-state index < -0.39 is 0 Å². The number of amides is 2. The third-order valence-corrected chi connectivity index (χ3v) is 7.58. The molecule has 1 spiro atoms. The standard InChI is InChI=1S/C26H28N4O2S/c1-17-12-24(31)28-15-21(17)19-6-9-23-22(13-19)26(10-2-3-11-26)16-30(23)25(32)29-14-18-4-7-20(33-27)8-5-18/h4-9,12-13,15H,2-3,10-11,14,16,27H2,1H3,(H,28,31)(H,29,32). The monoisotopic (exact) mass is 460 g/mol. The summed E-state index contributed by atoms with van der Waals surface area (Å²) in [7, 11) is 0. The van der Waals surface area contributed by atoms with E-state index in [1.54, 1.807) is 12.3 Å². The number of anilines is 1. The van der Waals surface area contributed by atoms with E-state index in [1.807, 2.05) is 36.1 Å². The highest BCUT2D eigenvalue weighted by molar-refractivity contribution is 7.97. The summed E-state index contributed by atoms with van der Waals surface area (Å²) < 4.78 is 0. The maximum absolute atomic E-state index is 13.2. The summed E-state index contributed by atoms with van der Waals surface area (Å²) in [6.07, 6.45) is 6.28. The van der Waals surface area contributed by atoms with Crippen LogP contribution >= 0.6 is 11.9 Å². The molecule has 1 aliphatic carbocycles. The van der Waals surface area contributed by atoms with Crippen molar-refractivity contribution < 1.29 is 9.90 Å². The lowest BCUT2D eigenvalue weighted by Gasteiger charge is -2.25. The highest BCUT2D eigenvalue weighted by Crippen LogP contribution is 2.51. The summed E-state index contributed by atoms with van der Waals surface area (Å²) >= 11 is 1.21. The molecule has 7 heteroatoms. The second kappa shape index (κ2) is 8.72. The first kappa shape index (κ1) is 21.8. The van der Waals surface area contributed by atoms with Crippen molar-refractivity contribution >= 4 is 23.7 Å². The summed E-state index contributed by atoms with van der Waals surface area (Å²) in [5.41, 5.74) is 6.37. The lowest BCUT2D eigenvalue weighted by molar-refractivity contribution is 0.245. The van der Waals surface area contributed by atoms with Gasteiger partial charge in [0.2, 0.25) is 5.88 Å². The Labute approximate surface area is 198 Å². The summed E-state index contributed by atoms with van der Waals surface area (Å²) in [6, 6.07) is 15.9. The van der Waals surface area contributed by atoms with Crippen molar-refractivity contribution in [2.24, 2.45) is 5.14 Å². The molecule has 1 aliphatic heterocycles. The number of carbonyl (C=O) groups is 1. The Morgan fingerprint density at radius 1 is 1.18 bits per heavy atom. The molecule has 2 amide bonds. The fourth-order valence-electron chi connectivity index (χ4n) is 5.30. The van der Waals surface area contributed by atoms with Crippen LogP contribution in [-0.2, 0) is 12.0 Å². The van der Waals surface area contributed by atoms with Gasteiger partial charge in [-0.25, -0.2) is 9.78 Å². The van der Waals surface area contributed by atoms with Gasteiger partial charge in [-0.2, -0.15) is 0 Å². The van der Waals surface area contributed by atoms with Crippen LogP contribution in [0.25, 0.3) is 11.1 Å². The highest BCUT2D eigenvalue weighted by Gasteiger charge is 2.46. The van der Waals surface area contributed by atoms with Crippen LogP contribution in [0.15, 0.2) is 59.6 Å². The second-order valence-electron chi connectivity index (χ2n) is 9.08. The van der Waals surface area contributed by atoms with E-state index in [4.69, 9.17) is 5.14 Å². The highest BCUT2D eigenvalue weighted by atomic mass is 32.2. The number of pyridine rings is 1. The van der Waals surface area contributed by atoms with Crippen LogP contribution in [0.3, 0.4) is 0 Å². The maximum atomic E-state index is 13.2. The van der Waals surface area contributed by atoms with E-state index in [2.05, 4.69) is 28.5 Å². The summed E-state index contributed by atoms with van der Waals surface area (Å²) in [4.78, 5) is 20.2. The van der Waals surface area contributed by atoms with Gasteiger partial charge < -0.3 is 10.4 Å². The van der Waals surface area contributed by atoms with Crippen molar-refractivity contribution in [2.45, 2.75) is 49.5 Å². The van der Waals surface area contributed by atoms with E-state index in [-0.39, 0.29) is 17.3 Å². The van der Waals surface area contributed by atoms with Gasteiger partial charge in [-0.3, -0.25) is 10.0 Å². The second-order valence-corrected chi connectivity index (χ2v) is 9.79. The predicted molar refractivity (Wildman–Crippen MR) is 132 cm³/mol. The molecule has 2 aromatic carbocycles. The lowest BCUT2D eigenvalue weighted by atomic mass is 9.80. The molecule has 0 unspecified atom stereocenters. The molecular formula is C26H28N4O2S. The molecule has 0 radical (unpaired) electrons. The number of urea groups is 1. The number of aryl methyl sites for hydroxylation is 1. The van der Waals surface area contributed by atoms with Crippen LogP contribution in [0.2, 0.25) is 0 Å². The van der Waals surface area contributed by atoms with Crippen LogP contribution in [-0.4, -0.2) is 22.7 Å². The number of fused-ring (bicyclic) bond motifs is 2. The van der Waals surface area contributed by atoms with Gasteiger partial charge in [0.25, 0.3) is 0 Å². The molecule has 170 valence electrons. The zero-order chi connectivity index (χ0) is 23.0. The largest absolute Gasteiger partial charge is 0.493 e. The number of carbonyl (C=O) groups excluding carboxylic acids is 1. The van der Waals surface area contributed by atoms with Gasteiger partial charge in [0.15, 0.2) is 0 Å². The number of nitrogens with two attached hydrogens (primary N) is 1. The molecule has 2 aliphatic rings. The van der Waals surface area contributed by atoms with E-state index in [9.17, 15) is 9.90 Å². The van der Waals surface area contributed by atoms with Crippen molar-refractivity contribution in [3.63, 3.8) is 0 Å². The number of benzene rings is 2. The van der Waals surface area contributed by atoms with Crippen molar-refractivity contribution in [3.8, 4) is 17.0 Å². The van der Waals surface area contributed by atoms with Crippen LogP contribution < -0.4 is 15.4 Å². The van der Waals surface area contributed by atoms with Crippen LogP contribution in [0.4, 0.5) is 10.5 Å². The van der Waals surface area contributed by atoms with Gasteiger partial charge in [0, 0.05) is 46.9 Å². The Hall–Kier alpha value is -3.03. The molecule has 0 atom stereocenters. The first-order valence-electron chi connectivity index (χ1n) is 11.3. The number of aromatic hydroxyl groups is 1. The summed E-state index contributed by atoms with van der Waals surface area (Å²) in [6.45, 7) is 3.17. The Bertz CT molecular complexity index is 1190. The van der Waals surface area contributed by atoms with Crippen molar-refractivity contribution in [1.82, 2.24) is 10.3 Å². The van der Waals surface area contributed by atoms with Gasteiger partial charge in [0.1, 0.15) is 0 Å². The number of nitrogens with zero attached hydrogens (tertiary/aromatic N) is 2. The minimum absolute atomic E-state index is 0.0148. The molecule has 6 nitrogen and oxygen atoms in total. The smallest absolute Gasteiger partial charge is 0.322 e. The maximum Gasteiger partial charge on any atom is 0.322 e. The summed E-state index contributed by atoms with van der Waals surface area (Å²) in [5, 5.41) is 18.4. The van der Waals surface area contributed by atoms with Crippen molar-refractivity contribution in [3.05, 3.63) is 71.4 Å². The topological polar surface area (TPSA) is 91.5 Å². The zero-order valence-corrected chi connectivity index (χ0v) is 19.5. The minimum Gasteiger partial charge on any atom is -0.493 e. The molecule has 33 heavy (non-hydrogen) atoms. The van der Waals surface area contributed by atoms with Crippen LogP contribution in [0, 0.1) is 6.92 Å². The first-order valence-corrected chi connectivity index (χ1v) is 12.2. The average Bonchev–Trinajstić information content (AvgIpc) is 3.43. The Kier molecular flexibility index (Phi) is 5.76. The molecule has 5 rings (SSSR count). The third-order valence-electron chi connectivity index (χ3n) is 7.04. The Morgan fingerprint density at radius 3 is 2.64 bits per heavy atom. The first-order chi connectivity index (χ1) is 16.0. The number of aromatic nitrogens is 1. The number of nitrogens with one attached hydrogen (secondary N) is 1. The predicted octanol–water partition coefficient (Wildman–Crippen LogP) is 5.27. The zero-order valence-electron chi connectivity index (χ0n) is 18.7. The van der Waals surface area contributed by atoms with E-state index >= 15 is 0 Å².